The summed E-state index contributed by atoms with van der Waals surface area (Å²) >= 11 is 0. The zero-order valence-electron chi connectivity index (χ0n) is 16.7. The van der Waals surface area contributed by atoms with Gasteiger partial charge in [0.2, 0.25) is 0 Å². The van der Waals surface area contributed by atoms with E-state index in [1.54, 1.807) is 19.2 Å². The van der Waals surface area contributed by atoms with Gasteiger partial charge in [-0.3, -0.25) is 9.89 Å². The molecule has 0 spiro atoms. The highest BCUT2D eigenvalue weighted by atomic mass is 19.4. The van der Waals surface area contributed by atoms with Crippen molar-refractivity contribution in [1.82, 2.24) is 4.90 Å². The van der Waals surface area contributed by atoms with Gasteiger partial charge in [-0.05, 0) is 42.0 Å². The third-order valence-electron chi connectivity index (χ3n) is 4.91. The van der Waals surface area contributed by atoms with E-state index < -0.39 is 11.7 Å². The van der Waals surface area contributed by atoms with Crippen LogP contribution in [0.5, 0.6) is 5.75 Å². The first-order valence-corrected chi connectivity index (χ1v) is 9.57. The Morgan fingerprint density at radius 1 is 1.13 bits per heavy atom. The van der Waals surface area contributed by atoms with Crippen LogP contribution < -0.4 is 15.8 Å². The van der Waals surface area contributed by atoms with Gasteiger partial charge in [0.05, 0.1) is 38.5 Å². The Hall–Kier alpha value is -2.78. The van der Waals surface area contributed by atoms with Crippen LogP contribution >= 0.6 is 0 Å². The molecule has 1 fully saturated rings. The van der Waals surface area contributed by atoms with Gasteiger partial charge in [-0.2, -0.15) is 13.2 Å². The molecule has 1 atom stereocenters. The highest BCUT2D eigenvalue weighted by Gasteiger charge is 2.31. The highest BCUT2D eigenvalue weighted by molar-refractivity contribution is 5.92. The van der Waals surface area contributed by atoms with Gasteiger partial charge >= 0.3 is 6.18 Å². The summed E-state index contributed by atoms with van der Waals surface area (Å²) in [5.41, 5.74) is 6.87. The average Bonchev–Trinajstić information content (AvgIpc) is 2.75. The highest BCUT2D eigenvalue weighted by Crippen LogP contribution is 2.31. The van der Waals surface area contributed by atoms with Crippen molar-refractivity contribution >= 4 is 11.6 Å². The third kappa shape index (κ3) is 5.87. The van der Waals surface area contributed by atoms with Crippen molar-refractivity contribution in [3.8, 4) is 5.75 Å². The SMILES string of the molecule is COc1ccc(NC(N)=NCC(c2ccc(C(F)(F)F)cc2)N2CCOCC2)cc1. The molecule has 1 saturated heterocycles. The van der Waals surface area contributed by atoms with Crippen LogP contribution in [-0.2, 0) is 10.9 Å². The molecule has 1 aliphatic rings. The summed E-state index contributed by atoms with van der Waals surface area (Å²) in [6.07, 6.45) is -4.36. The van der Waals surface area contributed by atoms with Crippen molar-refractivity contribution in [1.29, 1.82) is 0 Å². The Morgan fingerprint density at radius 2 is 1.77 bits per heavy atom. The molecule has 1 heterocycles. The minimum atomic E-state index is -4.36. The number of morpholine rings is 1. The molecule has 0 aromatic heterocycles. The Labute approximate surface area is 173 Å². The van der Waals surface area contributed by atoms with E-state index in [1.165, 1.54) is 12.1 Å². The number of alkyl halides is 3. The van der Waals surface area contributed by atoms with Crippen LogP contribution in [0.3, 0.4) is 0 Å². The van der Waals surface area contributed by atoms with E-state index in [0.717, 1.165) is 29.1 Å². The Kier molecular flexibility index (Phi) is 7.17. The Balaban J connectivity index is 1.74. The van der Waals surface area contributed by atoms with Crippen LogP contribution in [-0.4, -0.2) is 50.8 Å². The van der Waals surface area contributed by atoms with E-state index in [2.05, 4.69) is 15.2 Å². The fraction of sp³-hybridized carbons (Fsp3) is 0.381. The number of aliphatic imine (C=N–C) groups is 1. The first-order chi connectivity index (χ1) is 14.4. The summed E-state index contributed by atoms with van der Waals surface area (Å²) in [5, 5.41) is 3.01. The Morgan fingerprint density at radius 3 is 2.33 bits per heavy atom. The molecule has 30 heavy (non-hydrogen) atoms. The number of hydrogen-bond acceptors (Lipinski definition) is 4. The maximum atomic E-state index is 12.9. The predicted molar refractivity (Wildman–Crippen MR) is 110 cm³/mol. The fourth-order valence-electron chi connectivity index (χ4n) is 3.26. The number of hydrogen-bond donors (Lipinski definition) is 2. The van der Waals surface area contributed by atoms with Crippen LogP contribution in [0.1, 0.15) is 17.2 Å². The van der Waals surface area contributed by atoms with E-state index in [4.69, 9.17) is 15.2 Å². The lowest BCUT2D eigenvalue weighted by Crippen LogP contribution is -2.40. The molecule has 162 valence electrons. The molecule has 6 nitrogen and oxygen atoms in total. The molecule has 2 aromatic carbocycles. The maximum absolute atomic E-state index is 12.9. The molecule has 0 saturated carbocycles. The van der Waals surface area contributed by atoms with E-state index in [0.29, 0.717) is 32.8 Å². The normalized spacial score (nSPS) is 16.9. The van der Waals surface area contributed by atoms with Gasteiger partial charge in [-0.15, -0.1) is 0 Å². The van der Waals surface area contributed by atoms with Crippen molar-refractivity contribution in [2.24, 2.45) is 10.7 Å². The molecule has 0 radical (unpaired) electrons. The van der Waals surface area contributed by atoms with Gasteiger partial charge in [0.1, 0.15) is 5.75 Å². The topological polar surface area (TPSA) is 72.1 Å². The summed E-state index contributed by atoms with van der Waals surface area (Å²) in [6, 6.07) is 12.2. The summed E-state index contributed by atoms with van der Waals surface area (Å²) < 4.78 is 49.2. The van der Waals surface area contributed by atoms with E-state index >= 15 is 0 Å². The van der Waals surface area contributed by atoms with Crippen molar-refractivity contribution < 1.29 is 22.6 Å². The number of benzene rings is 2. The van der Waals surface area contributed by atoms with E-state index in [1.807, 2.05) is 12.1 Å². The maximum Gasteiger partial charge on any atom is 0.416 e. The lowest BCUT2D eigenvalue weighted by atomic mass is 10.0. The number of guanidine groups is 1. The van der Waals surface area contributed by atoms with E-state index in [-0.39, 0.29) is 12.0 Å². The minimum Gasteiger partial charge on any atom is -0.497 e. The van der Waals surface area contributed by atoms with Crippen LogP contribution in [0.25, 0.3) is 0 Å². The average molecular weight is 422 g/mol. The quantitative estimate of drug-likeness (QED) is 0.551. The monoisotopic (exact) mass is 422 g/mol. The van der Waals surface area contributed by atoms with E-state index in [9.17, 15) is 13.2 Å². The van der Waals surface area contributed by atoms with Crippen LogP contribution in [0.2, 0.25) is 0 Å². The fourth-order valence-corrected chi connectivity index (χ4v) is 3.26. The second-order valence-corrected chi connectivity index (χ2v) is 6.86. The van der Waals surface area contributed by atoms with Crippen LogP contribution in [0.4, 0.5) is 18.9 Å². The number of methoxy groups -OCH3 is 1. The smallest absolute Gasteiger partial charge is 0.416 e. The van der Waals surface area contributed by atoms with Crippen molar-refractivity contribution in [2.45, 2.75) is 12.2 Å². The minimum absolute atomic E-state index is 0.201. The molecule has 1 unspecified atom stereocenters. The molecule has 2 aromatic rings. The van der Waals surface area contributed by atoms with Gasteiger partial charge in [0, 0.05) is 18.8 Å². The molecule has 0 bridgehead atoms. The summed E-state index contributed by atoms with van der Waals surface area (Å²) in [5.74, 6) is 0.955. The molecule has 1 aliphatic heterocycles. The summed E-state index contributed by atoms with van der Waals surface area (Å²) in [7, 11) is 1.59. The lowest BCUT2D eigenvalue weighted by Gasteiger charge is -2.34. The molecule has 0 amide bonds. The number of nitrogens with one attached hydrogen (secondary N) is 1. The van der Waals surface area contributed by atoms with Gasteiger partial charge in [-0.1, -0.05) is 12.1 Å². The number of ether oxygens (including phenoxy) is 2. The lowest BCUT2D eigenvalue weighted by molar-refractivity contribution is -0.137. The molecular weight excluding hydrogens is 397 g/mol. The van der Waals surface area contributed by atoms with Gasteiger partial charge in [-0.25, -0.2) is 0 Å². The molecular formula is C21H25F3N4O2. The van der Waals surface area contributed by atoms with Crippen molar-refractivity contribution in [3.63, 3.8) is 0 Å². The largest absolute Gasteiger partial charge is 0.497 e. The number of anilines is 1. The Bertz CT molecular complexity index is 833. The van der Waals surface area contributed by atoms with Crippen LogP contribution in [0, 0.1) is 0 Å². The zero-order valence-corrected chi connectivity index (χ0v) is 16.7. The molecule has 3 N–H and O–H groups in total. The molecule has 0 aliphatic carbocycles. The first-order valence-electron chi connectivity index (χ1n) is 9.57. The van der Waals surface area contributed by atoms with Gasteiger partial charge < -0.3 is 20.5 Å². The number of halogens is 3. The third-order valence-corrected chi connectivity index (χ3v) is 4.91. The summed E-state index contributed by atoms with van der Waals surface area (Å²) in [4.78, 5) is 6.58. The van der Waals surface area contributed by atoms with Crippen molar-refractivity contribution in [3.05, 3.63) is 59.7 Å². The van der Waals surface area contributed by atoms with Gasteiger partial charge in [0.15, 0.2) is 5.96 Å². The molecule has 3 rings (SSSR count). The van der Waals surface area contributed by atoms with Crippen LogP contribution in [0.15, 0.2) is 53.5 Å². The zero-order chi connectivity index (χ0) is 21.6. The molecule has 9 heteroatoms. The first kappa shape index (κ1) is 21.9. The van der Waals surface area contributed by atoms with Crippen molar-refractivity contribution in [2.75, 3.05) is 45.3 Å². The second-order valence-electron chi connectivity index (χ2n) is 6.86. The summed E-state index contributed by atoms with van der Waals surface area (Å²) in [6.45, 7) is 2.79. The standard InChI is InChI=1S/C21H25F3N4O2/c1-29-18-8-6-17(7-9-18)27-20(25)26-14-19(28-10-12-30-13-11-28)15-2-4-16(5-3-15)21(22,23)24/h2-9,19H,10-14H2,1H3,(H3,25,26,27). The van der Waals surface area contributed by atoms with Gasteiger partial charge in [0.25, 0.3) is 0 Å². The number of nitrogens with two attached hydrogens (primary N) is 1. The number of nitrogens with zero attached hydrogens (tertiary/aromatic N) is 2. The second kappa shape index (κ2) is 9.82. The number of rotatable bonds is 6. The predicted octanol–water partition coefficient (Wildman–Crippen LogP) is 3.51.